The monoisotopic (exact) mass is 434 g/mol. The normalized spacial score (nSPS) is 32.9. The molecule has 0 radical (unpaired) electrons. The van der Waals surface area contributed by atoms with Crippen LogP contribution >= 0.6 is 0 Å². The molecule has 5 rings (SSSR count). The van der Waals surface area contributed by atoms with Gasteiger partial charge in [0.25, 0.3) is 0 Å². The van der Waals surface area contributed by atoms with Gasteiger partial charge in [0, 0.05) is 29.7 Å². The average Bonchev–Trinajstić information content (AvgIpc) is 3.46. The predicted molar refractivity (Wildman–Crippen MR) is 119 cm³/mol. The van der Waals surface area contributed by atoms with Crippen molar-refractivity contribution in [3.63, 3.8) is 0 Å². The lowest BCUT2D eigenvalue weighted by Gasteiger charge is -2.36. The number of hydrogen-bond acceptors (Lipinski definition) is 5. The summed E-state index contributed by atoms with van der Waals surface area (Å²) in [5, 5.41) is 0. The van der Waals surface area contributed by atoms with Crippen molar-refractivity contribution in [2.45, 2.75) is 64.6 Å². The summed E-state index contributed by atoms with van der Waals surface area (Å²) in [5.41, 5.74) is 3.12. The molecule has 0 spiro atoms. The molecule has 32 heavy (non-hydrogen) atoms. The van der Waals surface area contributed by atoms with Crippen molar-refractivity contribution >= 4 is 17.7 Å². The number of Topliss-reactive ketones (excluding diaryl/α,β-unsaturated/α-hetero) is 1. The number of hydrogen-bond donors (Lipinski definition) is 0. The lowest BCUT2D eigenvalue weighted by atomic mass is 9.78. The third-order valence-electron chi connectivity index (χ3n) is 8.04. The maximum absolute atomic E-state index is 13.2. The molecule has 2 bridgehead atoms. The highest BCUT2D eigenvalue weighted by molar-refractivity contribution is 5.92. The third kappa shape index (κ3) is 3.42. The lowest BCUT2D eigenvalue weighted by Crippen LogP contribution is -2.46. The number of carbonyl (C=O) groups is 3. The van der Waals surface area contributed by atoms with Gasteiger partial charge in [-0.2, -0.15) is 0 Å². The van der Waals surface area contributed by atoms with Crippen molar-refractivity contribution in [3.8, 4) is 0 Å². The Hall–Kier alpha value is -2.69. The summed E-state index contributed by atoms with van der Waals surface area (Å²) in [4.78, 5) is 38.8. The van der Waals surface area contributed by atoms with Crippen molar-refractivity contribution in [1.29, 1.82) is 0 Å². The van der Waals surface area contributed by atoms with Crippen LogP contribution in [0.2, 0.25) is 0 Å². The minimum absolute atomic E-state index is 0.0526. The zero-order valence-electron chi connectivity index (χ0n) is 18.7. The third-order valence-corrected chi connectivity index (χ3v) is 8.04. The Morgan fingerprint density at radius 2 is 1.75 bits per heavy atom. The summed E-state index contributed by atoms with van der Waals surface area (Å²) in [6.07, 6.45) is 7.38. The molecule has 1 aromatic carbocycles. The van der Waals surface area contributed by atoms with E-state index in [0.29, 0.717) is 24.0 Å². The fourth-order valence-corrected chi connectivity index (χ4v) is 6.54. The Labute approximate surface area is 188 Å². The van der Waals surface area contributed by atoms with Gasteiger partial charge in [0.2, 0.25) is 0 Å². The Morgan fingerprint density at radius 1 is 1.00 bits per heavy atom. The number of allylic oxidation sites excluding steroid dienone is 3. The number of ether oxygens (including phenoxy) is 2. The molecule has 0 aromatic heterocycles. The molecule has 5 heteroatoms. The van der Waals surface area contributed by atoms with Gasteiger partial charge >= 0.3 is 11.9 Å². The van der Waals surface area contributed by atoms with E-state index in [1.165, 1.54) is 0 Å². The largest absolute Gasteiger partial charge is 0.455 e. The van der Waals surface area contributed by atoms with Gasteiger partial charge in [-0.25, -0.2) is 9.59 Å². The molecule has 0 heterocycles. The number of esters is 2. The van der Waals surface area contributed by atoms with Crippen LogP contribution in [0.1, 0.15) is 61.9 Å². The van der Waals surface area contributed by atoms with Crippen molar-refractivity contribution in [3.05, 3.63) is 58.7 Å². The Morgan fingerprint density at radius 3 is 2.53 bits per heavy atom. The molecule has 0 N–H and O–H groups in total. The summed E-state index contributed by atoms with van der Waals surface area (Å²) in [5.74, 6) is -0.214. The van der Waals surface area contributed by atoms with E-state index >= 15 is 0 Å². The van der Waals surface area contributed by atoms with Crippen LogP contribution in [0, 0.1) is 23.7 Å². The van der Waals surface area contributed by atoms with Gasteiger partial charge in [-0.05, 0) is 62.1 Å². The second-order valence-electron chi connectivity index (χ2n) is 9.61. The second kappa shape index (κ2) is 8.34. The minimum atomic E-state index is -0.556. The molecule has 3 fully saturated rings. The van der Waals surface area contributed by atoms with E-state index in [0.717, 1.165) is 36.8 Å². The number of fused-ring (bicyclic) bond motifs is 5. The number of carbonyl (C=O) groups excluding carboxylic acids is 3. The first kappa shape index (κ1) is 21.2. The standard InChI is InChI=1S/C27H30O5/c1-3-16-9-5-7-11-18(16)27(30)31-24-20-14-21(23-19(20)12-13-22(23)28)25(24)32-26(29)17-10-6-4-8-15(17)2/h4-5,7-9,11,19-21,23-25H,3,6,10,12-14H2,1-2H3. The van der Waals surface area contributed by atoms with Crippen LogP contribution in [0.4, 0.5) is 0 Å². The van der Waals surface area contributed by atoms with Crippen molar-refractivity contribution in [1.82, 2.24) is 0 Å². The molecule has 6 unspecified atom stereocenters. The first-order valence-corrected chi connectivity index (χ1v) is 11.9. The van der Waals surface area contributed by atoms with Crippen LogP contribution in [-0.4, -0.2) is 29.9 Å². The van der Waals surface area contributed by atoms with E-state index in [4.69, 9.17) is 9.47 Å². The molecular formula is C27H30O5. The maximum atomic E-state index is 13.2. The topological polar surface area (TPSA) is 69.7 Å². The van der Waals surface area contributed by atoms with E-state index in [1.807, 2.05) is 38.1 Å². The fourth-order valence-electron chi connectivity index (χ4n) is 6.54. The van der Waals surface area contributed by atoms with Crippen molar-refractivity contribution in [2.24, 2.45) is 23.7 Å². The summed E-state index contributed by atoms with van der Waals surface area (Å²) in [7, 11) is 0. The molecule has 168 valence electrons. The van der Waals surface area contributed by atoms with Gasteiger partial charge in [-0.1, -0.05) is 37.3 Å². The van der Waals surface area contributed by atoms with Crippen LogP contribution in [0.15, 0.2) is 47.6 Å². The van der Waals surface area contributed by atoms with Gasteiger partial charge < -0.3 is 9.47 Å². The number of benzene rings is 1. The number of rotatable bonds is 5. The first-order chi connectivity index (χ1) is 15.5. The molecular weight excluding hydrogens is 404 g/mol. The van der Waals surface area contributed by atoms with E-state index in [9.17, 15) is 14.4 Å². The van der Waals surface area contributed by atoms with Crippen LogP contribution in [0.5, 0.6) is 0 Å². The second-order valence-corrected chi connectivity index (χ2v) is 9.61. The van der Waals surface area contributed by atoms with Crippen LogP contribution in [-0.2, 0) is 25.5 Å². The summed E-state index contributed by atoms with van der Waals surface area (Å²) in [6.45, 7) is 3.93. The Bertz CT molecular complexity index is 1020. The van der Waals surface area contributed by atoms with Gasteiger partial charge in [0.1, 0.15) is 18.0 Å². The molecule has 1 aromatic rings. The fraction of sp³-hybridized carbons (Fsp3) is 0.519. The highest BCUT2D eigenvalue weighted by atomic mass is 16.6. The van der Waals surface area contributed by atoms with Crippen LogP contribution in [0.25, 0.3) is 0 Å². The summed E-state index contributed by atoms with van der Waals surface area (Å²) >= 11 is 0. The summed E-state index contributed by atoms with van der Waals surface area (Å²) < 4.78 is 12.1. The van der Waals surface area contributed by atoms with E-state index < -0.39 is 12.2 Å². The van der Waals surface area contributed by atoms with Crippen molar-refractivity contribution < 1.29 is 23.9 Å². The van der Waals surface area contributed by atoms with E-state index in [2.05, 4.69) is 6.08 Å². The minimum Gasteiger partial charge on any atom is -0.455 e. The Kier molecular flexibility index (Phi) is 5.52. The summed E-state index contributed by atoms with van der Waals surface area (Å²) in [6, 6.07) is 7.49. The molecule has 4 aliphatic carbocycles. The van der Waals surface area contributed by atoms with Gasteiger partial charge in [0.05, 0.1) is 5.56 Å². The average molecular weight is 435 g/mol. The van der Waals surface area contributed by atoms with E-state index in [1.54, 1.807) is 6.07 Å². The van der Waals surface area contributed by atoms with Crippen molar-refractivity contribution in [2.75, 3.05) is 0 Å². The molecule has 0 saturated heterocycles. The lowest BCUT2D eigenvalue weighted by molar-refractivity contribution is -0.159. The van der Waals surface area contributed by atoms with Crippen LogP contribution in [0.3, 0.4) is 0 Å². The van der Waals surface area contributed by atoms with E-state index in [-0.39, 0.29) is 41.4 Å². The van der Waals surface area contributed by atoms with Gasteiger partial charge in [-0.3, -0.25) is 4.79 Å². The zero-order valence-corrected chi connectivity index (χ0v) is 18.7. The molecule has 0 amide bonds. The molecule has 6 atom stereocenters. The van der Waals surface area contributed by atoms with Crippen LogP contribution < -0.4 is 0 Å². The van der Waals surface area contributed by atoms with Gasteiger partial charge in [-0.15, -0.1) is 0 Å². The first-order valence-electron chi connectivity index (χ1n) is 11.9. The smallest absolute Gasteiger partial charge is 0.338 e. The molecule has 0 aliphatic heterocycles. The highest BCUT2D eigenvalue weighted by Gasteiger charge is 2.64. The molecule has 4 aliphatic rings. The predicted octanol–water partition coefficient (Wildman–Crippen LogP) is 4.60. The Balaban J connectivity index is 1.42. The quantitative estimate of drug-likeness (QED) is 0.634. The molecule has 3 saturated carbocycles. The maximum Gasteiger partial charge on any atom is 0.338 e. The SMILES string of the molecule is CCc1ccccc1C(=O)OC1C2CC(C1OC(=O)C1=C(C)C=CCC1)C1C(=O)CCC21. The van der Waals surface area contributed by atoms with Gasteiger partial charge in [0.15, 0.2) is 0 Å². The number of ketones is 1. The zero-order chi connectivity index (χ0) is 22.4. The highest BCUT2D eigenvalue weighted by Crippen LogP contribution is 2.59. The number of aryl methyl sites for hydroxylation is 1. The molecule has 5 nitrogen and oxygen atoms in total.